The Bertz CT molecular complexity index is 888. The van der Waals surface area contributed by atoms with E-state index in [1.165, 1.54) is 12.3 Å². The number of furan rings is 1. The highest BCUT2D eigenvalue weighted by Crippen LogP contribution is 2.26. The van der Waals surface area contributed by atoms with Crippen LogP contribution >= 0.6 is 0 Å². The van der Waals surface area contributed by atoms with Crippen LogP contribution in [0.1, 0.15) is 16.1 Å². The Morgan fingerprint density at radius 3 is 2.56 bits per heavy atom. The molecule has 3 aromatic rings. The summed E-state index contributed by atoms with van der Waals surface area (Å²) in [6, 6.07) is 18.6. The summed E-state index contributed by atoms with van der Waals surface area (Å²) in [5, 5.41) is 23.3. The average molecular weight is 337 g/mol. The topological polar surface area (TPSA) is 102 Å². The maximum Gasteiger partial charge on any atom is 0.271 e. The minimum atomic E-state index is -1.03. The molecule has 1 unspecified atom stereocenters. The lowest BCUT2D eigenvalue weighted by molar-refractivity contribution is -0.991. The van der Waals surface area contributed by atoms with Crippen LogP contribution in [0, 0.1) is 5.21 Å². The fourth-order valence-electron chi connectivity index (χ4n) is 2.26. The molecule has 0 bridgehead atoms. The molecule has 0 aliphatic rings. The molecule has 1 atom stereocenters. The van der Waals surface area contributed by atoms with Crippen molar-refractivity contribution in [2.75, 3.05) is 0 Å². The van der Waals surface area contributed by atoms with Crippen molar-refractivity contribution in [1.29, 1.82) is 0 Å². The summed E-state index contributed by atoms with van der Waals surface area (Å²) in [6.07, 6.45) is 1.35. The molecule has 7 heteroatoms. The molecule has 0 radical (unpaired) electrons. The number of para-hydroxylation sites is 1. The van der Waals surface area contributed by atoms with Crippen LogP contribution in [0.2, 0.25) is 0 Å². The molecule has 2 aromatic carbocycles. The van der Waals surface area contributed by atoms with Crippen molar-refractivity contribution in [2.45, 2.75) is 0 Å². The Morgan fingerprint density at radius 1 is 1.08 bits per heavy atom. The number of hydrogen-bond donors (Lipinski definition) is 3. The van der Waals surface area contributed by atoms with Gasteiger partial charge in [-0.15, -0.1) is 0 Å². The molecule has 0 spiro atoms. The summed E-state index contributed by atoms with van der Waals surface area (Å²) in [5.41, 5.74) is 3.52. The minimum Gasteiger partial charge on any atom is -0.595 e. The normalized spacial score (nSPS) is 12.2. The predicted octanol–water partition coefficient (Wildman–Crippen LogP) is 2.11. The first-order valence-electron chi connectivity index (χ1n) is 7.46. The van der Waals surface area contributed by atoms with Crippen molar-refractivity contribution in [1.82, 2.24) is 5.43 Å². The van der Waals surface area contributed by atoms with Gasteiger partial charge in [0, 0.05) is 11.6 Å². The van der Waals surface area contributed by atoms with Gasteiger partial charge in [-0.2, -0.15) is 10.3 Å². The summed E-state index contributed by atoms with van der Waals surface area (Å²) in [6.45, 7) is 0. The Kier molecular flexibility index (Phi) is 5.00. The van der Waals surface area contributed by atoms with Gasteiger partial charge in [0.1, 0.15) is 11.5 Å². The van der Waals surface area contributed by atoms with Crippen LogP contribution in [-0.2, 0) is 0 Å². The molecule has 0 aliphatic heterocycles. The van der Waals surface area contributed by atoms with Gasteiger partial charge in [-0.25, -0.2) is 10.6 Å². The van der Waals surface area contributed by atoms with Gasteiger partial charge in [0.2, 0.25) is 0 Å². The standard InChI is InChI=1S/C18H15N3O4/c22-18(13-6-2-1-3-7-13)20-19-12-14-10-11-17(25-14)15-8-4-5-9-16(15)21(23)24/h1-12,21,23H,(H,20,22). The van der Waals surface area contributed by atoms with Gasteiger partial charge in [0.05, 0.1) is 11.8 Å². The monoisotopic (exact) mass is 337 g/mol. The number of nitrogens with zero attached hydrogens (tertiary/aromatic N) is 1. The van der Waals surface area contributed by atoms with E-state index in [4.69, 9.17) is 4.42 Å². The van der Waals surface area contributed by atoms with Crippen molar-refractivity contribution in [3.05, 3.63) is 83.3 Å². The van der Waals surface area contributed by atoms with Crippen molar-refractivity contribution >= 4 is 17.8 Å². The smallest absolute Gasteiger partial charge is 0.271 e. The third-order valence-corrected chi connectivity index (χ3v) is 3.44. The van der Waals surface area contributed by atoms with Crippen LogP contribution in [0.4, 0.5) is 5.69 Å². The molecule has 1 heterocycles. The molecule has 7 nitrogen and oxygen atoms in total. The van der Waals surface area contributed by atoms with E-state index >= 15 is 0 Å². The second-order valence-electron chi connectivity index (χ2n) is 5.12. The van der Waals surface area contributed by atoms with E-state index in [1.807, 2.05) is 6.07 Å². The predicted molar refractivity (Wildman–Crippen MR) is 91.4 cm³/mol. The zero-order chi connectivity index (χ0) is 17.6. The van der Waals surface area contributed by atoms with Crippen LogP contribution in [0.25, 0.3) is 11.3 Å². The first-order valence-corrected chi connectivity index (χ1v) is 7.46. The summed E-state index contributed by atoms with van der Waals surface area (Å²) < 4.78 is 5.58. The molecule has 0 saturated heterocycles. The van der Waals surface area contributed by atoms with Gasteiger partial charge in [-0.3, -0.25) is 4.79 Å². The van der Waals surface area contributed by atoms with Gasteiger partial charge in [0.25, 0.3) is 5.91 Å². The molecule has 0 fully saturated rings. The van der Waals surface area contributed by atoms with Crippen LogP contribution in [0.5, 0.6) is 0 Å². The number of quaternary nitrogens is 1. The van der Waals surface area contributed by atoms with Crippen LogP contribution in [0.3, 0.4) is 0 Å². The quantitative estimate of drug-likeness (QED) is 0.490. The lowest BCUT2D eigenvalue weighted by atomic mass is 10.1. The third kappa shape index (κ3) is 3.99. The van der Waals surface area contributed by atoms with Crippen LogP contribution in [0.15, 0.2) is 76.2 Å². The Balaban J connectivity index is 1.71. The van der Waals surface area contributed by atoms with Gasteiger partial charge < -0.3 is 9.62 Å². The lowest BCUT2D eigenvalue weighted by Gasteiger charge is -2.14. The number of hydrogen-bond acceptors (Lipinski definition) is 5. The zero-order valence-electron chi connectivity index (χ0n) is 13.0. The zero-order valence-corrected chi connectivity index (χ0v) is 13.0. The maximum absolute atomic E-state index is 11.9. The highest BCUT2D eigenvalue weighted by atomic mass is 16.8. The molecule has 3 N–H and O–H groups in total. The highest BCUT2D eigenvalue weighted by molar-refractivity contribution is 5.94. The largest absolute Gasteiger partial charge is 0.595 e. The van der Waals surface area contributed by atoms with E-state index in [0.29, 0.717) is 22.6 Å². The van der Waals surface area contributed by atoms with Crippen LogP contribution in [-0.4, -0.2) is 17.3 Å². The Labute approximate surface area is 143 Å². The Hall–Kier alpha value is -3.26. The molecule has 126 valence electrons. The summed E-state index contributed by atoms with van der Waals surface area (Å²) in [4.78, 5) is 11.9. The van der Waals surface area contributed by atoms with E-state index < -0.39 is 5.23 Å². The van der Waals surface area contributed by atoms with Crippen molar-refractivity contribution < 1.29 is 19.6 Å². The average Bonchev–Trinajstić information content (AvgIpc) is 3.11. The summed E-state index contributed by atoms with van der Waals surface area (Å²) >= 11 is 0. The molecule has 1 aromatic heterocycles. The van der Waals surface area contributed by atoms with Crippen molar-refractivity contribution in [3.63, 3.8) is 0 Å². The maximum atomic E-state index is 11.9. The number of hydrazone groups is 1. The molecule has 0 aliphatic carbocycles. The van der Waals surface area contributed by atoms with Crippen molar-refractivity contribution in [2.24, 2.45) is 5.10 Å². The molecular weight excluding hydrogens is 322 g/mol. The van der Waals surface area contributed by atoms with E-state index in [9.17, 15) is 15.2 Å². The third-order valence-electron chi connectivity index (χ3n) is 3.44. The Morgan fingerprint density at radius 2 is 1.80 bits per heavy atom. The van der Waals surface area contributed by atoms with E-state index in [-0.39, 0.29) is 11.6 Å². The van der Waals surface area contributed by atoms with Gasteiger partial charge >= 0.3 is 0 Å². The van der Waals surface area contributed by atoms with Crippen molar-refractivity contribution in [3.8, 4) is 11.3 Å². The van der Waals surface area contributed by atoms with E-state index in [0.717, 1.165) is 0 Å². The number of benzene rings is 2. The van der Waals surface area contributed by atoms with Gasteiger partial charge in [-0.1, -0.05) is 30.3 Å². The van der Waals surface area contributed by atoms with E-state index in [2.05, 4.69) is 10.5 Å². The summed E-state index contributed by atoms with van der Waals surface area (Å²) in [7, 11) is 0. The lowest BCUT2D eigenvalue weighted by Crippen LogP contribution is -2.99. The number of carbonyl (C=O) groups excluding carboxylic acids is 1. The number of carbonyl (C=O) groups is 1. The number of amides is 1. The fourth-order valence-corrected chi connectivity index (χ4v) is 2.26. The van der Waals surface area contributed by atoms with Crippen LogP contribution < -0.4 is 10.7 Å². The second kappa shape index (κ2) is 7.54. The number of nitrogens with one attached hydrogen (secondary N) is 2. The molecule has 3 rings (SSSR count). The SMILES string of the molecule is O=C(NN=Cc1ccc(-c2ccccc2[NH+]([O-])O)o1)c1ccccc1. The minimum absolute atomic E-state index is 0.151. The molecule has 0 saturated carbocycles. The fraction of sp³-hybridized carbons (Fsp3) is 0. The van der Waals surface area contributed by atoms with Gasteiger partial charge in [0.15, 0.2) is 5.69 Å². The second-order valence-corrected chi connectivity index (χ2v) is 5.12. The first kappa shape index (κ1) is 16.6. The highest BCUT2D eigenvalue weighted by Gasteiger charge is 2.13. The molecule has 1 amide bonds. The summed E-state index contributed by atoms with van der Waals surface area (Å²) in [5.74, 6) is 0.470. The van der Waals surface area contributed by atoms with Gasteiger partial charge in [-0.05, 0) is 30.3 Å². The first-order chi connectivity index (χ1) is 12.1. The number of rotatable bonds is 5. The molecular formula is C18H15N3O4. The van der Waals surface area contributed by atoms with E-state index in [1.54, 1.807) is 54.6 Å². The molecule has 25 heavy (non-hydrogen) atoms.